The predicted molar refractivity (Wildman–Crippen MR) is 112 cm³/mol. The summed E-state index contributed by atoms with van der Waals surface area (Å²) in [6.45, 7) is 0. The highest BCUT2D eigenvalue weighted by Gasteiger charge is 2.17. The smallest absolute Gasteiger partial charge is 0.335 e. The first kappa shape index (κ1) is 18.1. The Bertz CT molecular complexity index is 1220. The van der Waals surface area contributed by atoms with Gasteiger partial charge in [-0.2, -0.15) is 0 Å². The van der Waals surface area contributed by atoms with E-state index in [1.165, 1.54) is 28.0 Å². The molecular formula is C20H14N2O4S2. The minimum absolute atomic E-state index is 0.0465. The second-order valence-corrected chi connectivity index (χ2v) is 7.66. The number of rotatable bonds is 4. The van der Waals surface area contributed by atoms with E-state index < -0.39 is 5.97 Å². The van der Waals surface area contributed by atoms with Gasteiger partial charge in [0.2, 0.25) is 5.88 Å². The number of carboxylic acids is 1. The van der Waals surface area contributed by atoms with Crippen LogP contribution in [0, 0.1) is 3.95 Å². The van der Waals surface area contributed by atoms with Crippen LogP contribution in [0.2, 0.25) is 0 Å². The lowest BCUT2D eigenvalue weighted by molar-refractivity contribution is 0.0697. The van der Waals surface area contributed by atoms with Crippen molar-refractivity contribution < 1.29 is 19.7 Å². The quantitative estimate of drug-likeness (QED) is 0.596. The number of hydrogen-bond acceptors (Lipinski definition) is 6. The summed E-state index contributed by atoms with van der Waals surface area (Å²) in [6.07, 6.45) is 3.53. The summed E-state index contributed by atoms with van der Waals surface area (Å²) in [7, 11) is 1.60. The third kappa shape index (κ3) is 3.12. The monoisotopic (exact) mass is 410 g/mol. The summed E-state index contributed by atoms with van der Waals surface area (Å²) in [4.78, 5) is 16.2. The van der Waals surface area contributed by atoms with Crippen molar-refractivity contribution in [3.63, 3.8) is 0 Å². The summed E-state index contributed by atoms with van der Waals surface area (Å²) < 4.78 is 7.14. The molecule has 2 heterocycles. The van der Waals surface area contributed by atoms with Crippen LogP contribution in [-0.2, 0) is 0 Å². The third-order valence-corrected chi connectivity index (χ3v) is 5.62. The normalized spacial score (nSPS) is 13.7. The van der Waals surface area contributed by atoms with Crippen molar-refractivity contribution in [2.24, 2.45) is 4.99 Å². The van der Waals surface area contributed by atoms with Crippen LogP contribution in [0.3, 0.4) is 0 Å². The maximum atomic E-state index is 11.2. The second kappa shape index (κ2) is 7.06. The van der Waals surface area contributed by atoms with Crippen molar-refractivity contribution in [3.05, 3.63) is 62.4 Å². The van der Waals surface area contributed by atoms with E-state index in [2.05, 4.69) is 4.99 Å². The number of aromatic nitrogens is 1. The number of carboxylic acid groups (broad SMARTS) is 1. The van der Waals surface area contributed by atoms with Crippen molar-refractivity contribution in [1.29, 1.82) is 0 Å². The Morgan fingerprint density at radius 2 is 2.11 bits per heavy atom. The average molecular weight is 410 g/mol. The topological polar surface area (TPSA) is 84.0 Å². The molecule has 2 N–H and O–H groups in total. The average Bonchev–Trinajstić information content (AvgIpc) is 3.22. The molecule has 6 nitrogen and oxygen atoms in total. The Balaban J connectivity index is 1.79. The Morgan fingerprint density at radius 1 is 1.29 bits per heavy atom. The number of benzene rings is 2. The fourth-order valence-electron chi connectivity index (χ4n) is 2.93. The van der Waals surface area contributed by atoms with E-state index in [1.54, 1.807) is 25.5 Å². The van der Waals surface area contributed by atoms with Crippen molar-refractivity contribution in [3.8, 4) is 17.3 Å². The zero-order valence-electron chi connectivity index (χ0n) is 14.6. The standard InChI is InChI=1S/C20H14N2O4S2/c1-26-14-5-6-16-15(9-14)12(10-21-16)8-17-18(23)22(20(27)28-17)13-4-2-3-11(7-13)19(24)25/h2-10,23H,1H3,(H,24,25)/b12-8-. The number of hydrogen-bond donors (Lipinski definition) is 2. The van der Waals surface area contributed by atoms with Crippen molar-refractivity contribution in [1.82, 2.24) is 4.57 Å². The van der Waals surface area contributed by atoms with Gasteiger partial charge in [-0.15, -0.1) is 11.3 Å². The van der Waals surface area contributed by atoms with Crippen LogP contribution in [0.1, 0.15) is 20.8 Å². The lowest BCUT2D eigenvalue weighted by Gasteiger charge is -2.06. The summed E-state index contributed by atoms with van der Waals surface area (Å²) in [6, 6.07) is 11.9. The summed E-state index contributed by atoms with van der Waals surface area (Å²) >= 11 is 6.63. The van der Waals surface area contributed by atoms with Gasteiger partial charge in [0.25, 0.3) is 0 Å². The van der Waals surface area contributed by atoms with Gasteiger partial charge in [0.1, 0.15) is 5.75 Å². The first-order chi connectivity index (χ1) is 13.5. The first-order valence-electron chi connectivity index (χ1n) is 8.20. The highest BCUT2D eigenvalue weighted by atomic mass is 32.1. The van der Waals surface area contributed by atoms with Crippen molar-refractivity contribution in [2.75, 3.05) is 7.11 Å². The van der Waals surface area contributed by atoms with Gasteiger partial charge in [-0.3, -0.25) is 9.56 Å². The molecule has 0 saturated carbocycles. The number of methoxy groups -OCH3 is 1. The van der Waals surface area contributed by atoms with E-state index in [1.807, 2.05) is 24.3 Å². The van der Waals surface area contributed by atoms with Gasteiger partial charge in [-0.25, -0.2) is 4.79 Å². The van der Waals surface area contributed by atoms with E-state index >= 15 is 0 Å². The van der Waals surface area contributed by atoms with Gasteiger partial charge in [0, 0.05) is 17.4 Å². The molecule has 0 bridgehead atoms. The highest BCUT2D eigenvalue weighted by molar-refractivity contribution is 7.73. The summed E-state index contributed by atoms with van der Waals surface area (Å²) in [5, 5.41) is 19.9. The van der Waals surface area contributed by atoms with E-state index in [-0.39, 0.29) is 11.4 Å². The molecule has 28 heavy (non-hydrogen) atoms. The zero-order chi connectivity index (χ0) is 19.8. The molecule has 2 aromatic carbocycles. The first-order valence-corrected chi connectivity index (χ1v) is 9.43. The molecule has 8 heteroatoms. The van der Waals surface area contributed by atoms with Crippen molar-refractivity contribution >= 4 is 53.1 Å². The fraction of sp³-hybridized carbons (Fsp3) is 0.0500. The molecular weight excluding hydrogens is 396 g/mol. The molecule has 0 saturated heterocycles. The van der Waals surface area contributed by atoms with E-state index in [0.29, 0.717) is 14.5 Å². The minimum Gasteiger partial charge on any atom is -0.497 e. The van der Waals surface area contributed by atoms with E-state index in [0.717, 1.165) is 22.6 Å². The summed E-state index contributed by atoms with van der Waals surface area (Å²) in [5.41, 5.74) is 3.16. The number of nitrogens with zero attached hydrogens (tertiary/aromatic N) is 2. The Hall–Kier alpha value is -3.23. The SMILES string of the molecule is COc1ccc2c(c1)/C(=C\c1sc(=S)n(-c3cccc(C(=O)O)c3)c1O)C=N2. The maximum absolute atomic E-state index is 11.2. The van der Waals surface area contributed by atoms with Crippen LogP contribution in [0.5, 0.6) is 11.6 Å². The fourth-order valence-corrected chi connectivity index (χ4v) is 4.23. The third-order valence-electron chi connectivity index (χ3n) is 4.31. The molecule has 1 aliphatic heterocycles. The van der Waals surface area contributed by atoms with E-state index in [9.17, 15) is 15.0 Å². The number of carbonyl (C=O) groups is 1. The van der Waals surface area contributed by atoms with Gasteiger partial charge >= 0.3 is 5.97 Å². The summed E-state index contributed by atoms with van der Waals surface area (Å²) in [5.74, 6) is -0.372. The van der Waals surface area contributed by atoms with Gasteiger partial charge in [-0.1, -0.05) is 6.07 Å². The number of aromatic carboxylic acids is 1. The van der Waals surface area contributed by atoms with Gasteiger partial charge in [0.05, 0.1) is 28.9 Å². The molecule has 140 valence electrons. The van der Waals surface area contributed by atoms with Crippen LogP contribution >= 0.6 is 23.6 Å². The highest BCUT2D eigenvalue weighted by Crippen LogP contribution is 2.38. The minimum atomic E-state index is -1.04. The number of aromatic hydroxyl groups is 1. The number of thiazole rings is 1. The molecule has 4 rings (SSSR count). The van der Waals surface area contributed by atoms with Crippen LogP contribution in [-0.4, -0.2) is 34.1 Å². The van der Waals surface area contributed by atoms with Gasteiger partial charge < -0.3 is 14.9 Å². The zero-order valence-corrected chi connectivity index (χ0v) is 16.3. The van der Waals surface area contributed by atoms with Crippen LogP contribution in [0.25, 0.3) is 17.3 Å². The molecule has 3 aromatic rings. The number of ether oxygens (including phenoxy) is 1. The van der Waals surface area contributed by atoms with Crippen LogP contribution in [0.4, 0.5) is 5.69 Å². The molecule has 0 fully saturated rings. The Morgan fingerprint density at radius 3 is 2.86 bits per heavy atom. The van der Waals surface area contributed by atoms with Gasteiger partial charge in [0.15, 0.2) is 3.95 Å². The molecule has 0 spiro atoms. The van der Waals surface area contributed by atoms with E-state index in [4.69, 9.17) is 17.0 Å². The lowest BCUT2D eigenvalue weighted by atomic mass is 10.1. The maximum Gasteiger partial charge on any atom is 0.335 e. The van der Waals surface area contributed by atoms with Crippen molar-refractivity contribution in [2.45, 2.75) is 0 Å². The Kier molecular flexibility index (Phi) is 4.58. The molecule has 0 aliphatic carbocycles. The van der Waals surface area contributed by atoms with Crippen LogP contribution < -0.4 is 4.74 Å². The molecule has 1 aliphatic rings. The second-order valence-electron chi connectivity index (χ2n) is 5.99. The molecule has 0 radical (unpaired) electrons. The molecule has 0 atom stereocenters. The molecule has 0 unspecified atom stereocenters. The van der Waals surface area contributed by atoms with Crippen LogP contribution in [0.15, 0.2) is 47.5 Å². The number of aliphatic imine (C=N–C) groups is 1. The lowest BCUT2D eigenvalue weighted by Crippen LogP contribution is -1.99. The van der Waals surface area contributed by atoms with Gasteiger partial charge in [-0.05, 0) is 54.7 Å². The largest absolute Gasteiger partial charge is 0.497 e. The molecule has 0 amide bonds. The molecule has 1 aromatic heterocycles. The Labute approximate surface area is 169 Å². The number of allylic oxidation sites excluding steroid dienone is 1. The predicted octanol–water partition coefficient (Wildman–Crippen LogP) is 4.94. The number of fused-ring (bicyclic) bond motifs is 1.